The van der Waals surface area contributed by atoms with Crippen LogP contribution in [0.4, 0.5) is 0 Å². The van der Waals surface area contributed by atoms with Crippen LogP contribution in [0.2, 0.25) is 0 Å². The summed E-state index contributed by atoms with van der Waals surface area (Å²) in [4.78, 5) is 25.9. The highest BCUT2D eigenvalue weighted by molar-refractivity contribution is 7.88. The lowest BCUT2D eigenvalue weighted by atomic mass is 10.1. The Morgan fingerprint density at radius 3 is 2.48 bits per heavy atom. The van der Waals surface area contributed by atoms with Crippen LogP contribution >= 0.6 is 0 Å². The minimum Gasteiger partial charge on any atom is -0.335 e. The molecule has 0 spiro atoms. The van der Waals surface area contributed by atoms with Crippen LogP contribution in [-0.2, 0) is 26.2 Å². The topological polar surface area (TPSA) is 74.8 Å². The van der Waals surface area contributed by atoms with Gasteiger partial charge in [0.15, 0.2) is 0 Å². The summed E-state index contributed by atoms with van der Waals surface area (Å²) in [5, 5.41) is 0. The standard InChI is InChI=1S/C16H22N2O4S/c1-12-4-6-13(7-5-12)11-18-14(8-9-15(18)19)10-16(20)17(2)23(3,21)22/h4-7,14H,8-11H2,1-3H3. The first kappa shape index (κ1) is 17.5. The first-order valence-corrected chi connectivity index (χ1v) is 9.35. The van der Waals surface area contributed by atoms with Gasteiger partial charge in [0.2, 0.25) is 21.8 Å². The third-order valence-electron chi connectivity index (χ3n) is 4.18. The molecule has 2 amide bonds. The highest BCUT2D eigenvalue weighted by Gasteiger charge is 2.34. The van der Waals surface area contributed by atoms with Crippen molar-refractivity contribution in [3.05, 3.63) is 35.4 Å². The Kier molecular flexibility index (Phi) is 5.09. The number of carbonyl (C=O) groups excluding carboxylic acids is 2. The lowest BCUT2D eigenvalue weighted by Gasteiger charge is -2.26. The van der Waals surface area contributed by atoms with Gasteiger partial charge >= 0.3 is 0 Å². The van der Waals surface area contributed by atoms with E-state index in [1.54, 1.807) is 4.90 Å². The Morgan fingerprint density at radius 1 is 1.30 bits per heavy atom. The van der Waals surface area contributed by atoms with Gasteiger partial charge in [-0.2, -0.15) is 0 Å². The quantitative estimate of drug-likeness (QED) is 0.811. The lowest BCUT2D eigenvalue weighted by molar-refractivity contribution is -0.131. The molecule has 2 rings (SSSR count). The first-order valence-electron chi connectivity index (χ1n) is 7.50. The predicted molar refractivity (Wildman–Crippen MR) is 87.0 cm³/mol. The van der Waals surface area contributed by atoms with E-state index in [-0.39, 0.29) is 18.4 Å². The van der Waals surface area contributed by atoms with Crippen LogP contribution in [-0.4, -0.2) is 48.8 Å². The fourth-order valence-corrected chi connectivity index (χ4v) is 3.07. The Labute approximate surface area is 137 Å². The molecular formula is C16H22N2O4S. The Bertz CT molecular complexity index is 697. The van der Waals surface area contributed by atoms with Crippen LogP contribution in [0.1, 0.15) is 30.4 Å². The normalized spacial score (nSPS) is 18.3. The minimum atomic E-state index is -3.56. The molecule has 7 heteroatoms. The van der Waals surface area contributed by atoms with Crippen molar-refractivity contribution in [1.82, 2.24) is 9.21 Å². The van der Waals surface area contributed by atoms with E-state index in [1.165, 1.54) is 7.05 Å². The molecule has 1 aromatic carbocycles. The number of sulfonamides is 1. The molecule has 1 atom stereocenters. The van der Waals surface area contributed by atoms with Crippen LogP contribution in [0.15, 0.2) is 24.3 Å². The highest BCUT2D eigenvalue weighted by atomic mass is 32.2. The summed E-state index contributed by atoms with van der Waals surface area (Å²) in [5.41, 5.74) is 2.14. The van der Waals surface area contributed by atoms with Gasteiger partial charge in [0.05, 0.1) is 6.26 Å². The van der Waals surface area contributed by atoms with E-state index in [1.807, 2.05) is 31.2 Å². The fourth-order valence-electron chi connectivity index (χ4n) is 2.63. The fraction of sp³-hybridized carbons (Fsp3) is 0.500. The van der Waals surface area contributed by atoms with Gasteiger partial charge in [-0.1, -0.05) is 29.8 Å². The zero-order valence-electron chi connectivity index (χ0n) is 13.7. The van der Waals surface area contributed by atoms with Crippen LogP contribution in [0.5, 0.6) is 0 Å². The number of carbonyl (C=O) groups is 2. The number of benzene rings is 1. The molecule has 0 saturated carbocycles. The maximum Gasteiger partial charge on any atom is 0.237 e. The molecule has 1 aliphatic heterocycles. The monoisotopic (exact) mass is 338 g/mol. The first-order chi connectivity index (χ1) is 10.7. The molecule has 0 N–H and O–H groups in total. The van der Waals surface area contributed by atoms with Crippen molar-refractivity contribution in [3.8, 4) is 0 Å². The second-order valence-electron chi connectivity index (χ2n) is 6.03. The van der Waals surface area contributed by atoms with E-state index in [9.17, 15) is 18.0 Å². The van der Waals surface area contributed by atoms with E-state index < -0.39 is 15.9 Å². The average molecular weight is 338 g/mol. The zero-order valence-corrected chi connectivity index (χ0v) is 14.5. The molecule has 0 aromatic heterocycles. The molecule has 6 nitrogen and oxygen atoms in total. The van der Waals surface area contributed by atoms with E-state index >= 15 is 0 Å². The van der Waals surface area contributed by atoms with Crippen molar-refractivity contribution < 1.29 is 18.0 Å². The number of hydrogen-bond acceptors (Lipinski definition) is 4. The maximum absolute atomic E-state index is 12.1. The molecule has 0 aliphatic carbocycles. The summed E-state index contributed by atoms with van der Waals surface area (Å²) in [5.74, 6) is -0.480. The third kappa shape index (κ3) is 4.31. The third-order valence-corrected chi connectivity index (χ3v) is 5.38. The molecule has 0 bridgehead atoms. The van der Waals surface area contributed by atoms with Crippen LogP contribution < -0.4 is 0 Å². The predicted octanol–water partition coefficient (Wildman–Crippen LogP) is 1.29. The van der Waals surface area contributed by atoms with Gasteiger partial charge in [-0.15, -0.1) is 0 Å². The van der Waals surface area contributed by atoms with Crippen molar-refractivity contribution in [2.75, 3.05) is 13.3 Å². The van der Waals surface area contributed by atoms with Gasteiger partial charge in [0, 0.05) is 32.5 Å². The molecule has 0 radical (unpaired) electrons. The Morgan fingerprint density at radius 2 is 1.91 bits per heavy atom. The highest BCUT2D eigenvalue weighted by Crippen LogP contribution is 2.24. The summed E-state index contributed by atoms with van der Waals surface area (Å²) < 4.78 is 23.6. The summed E-state index contributed by atoms with van der Waals surface area (Å²) >= 11 is 0. The minimum absolute atomic E-state index is 0.00498. The van der Waals surface area contributed by atoms with Crippen molar-refractivity contribution in [1.29, 1.82) is 0 Å². The van der Waals surface area contributed by atoms with Gasteiger partial charge in [0.25, 0.3) is 0 Å². The average Bonchev–Trinajstić information content (AvgIpc) is 2.80. The number of likely N-dealkylation sites (tertiary alicyclic amines) is 1. The van der Waals surface area contributed by atoms with E-state index in [4.69, 9.17) is 0 Å². The van der Waals surface area contributed by atoms with Gasteiger partial charge in [0.1, 0.15) is 0 Å². The van der Waals surface area contributed by atoms with Gasteiger partial charge in [-0.3, -0.25) is 9.59 Å². The molecule has 126 valence electrons. The van der Waals surface area contributed by atoms with Gasteiger partial charge < -0.3 is 4.90 Å². The van der Waals surface area contributed by atoms with Crippen molar-refractivity contribution in [2.45, 2.75) is 38.8 Å². The van der Waals surface area contributed by atoms with Gasteiger partial charge in [-0.05, 0) is 18.9 Å². The van der Waals surface area contributed by atoms with Crippen LogP contribution in [0.3, 0.4) is 0 Å². The Hall–Kier alpha value is -1.89. The zero-order chi connectivity index (χ0) is 17.2. The molecule has 1 aliphatic rings. The molecule has 1 aromatic rings. The molecule has 1 unspecified atom stereocenters. The van der Waals surface area contributed by atoms with Gasteiger partial charge in [-0.25, -0.2) is 12.7 Å². The van der Waals surface area contributed by atoms with Crippen molar-refractivity contribution in [2.24, 2.45) is 0 Å². The van der Waals surface area contributed by atoms with E-state index in [0.717, 1.165) is 21.7 Å². The SMILES string of the molecule is Cc1ccc(CN2C(=O)CCC2CC(=O)N(C)S(C)(=O)=O)cc1. The van der Waals surface area contributed by atoms with Crippen LogP contribution in [0, 0.1) is 6.92 Å². The maximum atomic E-state index is 12.1. The summed E-state index contributed by atoms with van der Waals surface area (Å²) in [7, 11) is -2.31. The van der Waals surface area contributed by atoms with E-state index in [2.05, 4.69) is 0 Å². The second kappa shape index (κ2) is 6.70. The number of amides is 2. The Balaban J connectivity index is 2.07. The number of aryl methyl sites for hydroxylation is 1. The second-order valence-corrected chi connectivity index (χ2v) is 8.04. The van der Waals surface area contributed by atoms with Crippen LogP contribution in [0.25, 0.3) is 0 Å². The molecule has 1 saturated heterocycles. The molecule has 23 heavy (non-hydrogen) atoms. The molecule has 1 fully saturated rings. The number of nitrogens with zero attached hydrogens (tertiary/aromatic N) is 2. The largest absolute Gasteiger partial charge is 0.335 e. The molecular weight excluding hydrogens is 316 g/mol. The lowest BCUT2D eigenvalue weighted by Crippen LogP contribution is -2.39. The van der Waals surface area contributed by atoms with Crippen molar-refractivity contribution >= 4 is 21.8 Å². The smallest absolute Gasteiger partial charge is 0.237 e. The summed E-state index contributed by atoms with van der Waals surface area (Å²) in [6.45, 7) is 2.44. The molecule has 1 heterocycles. The summed E-state index contributed by atoms with van der Waals surface area (Å²) in [6.07, 6.45) is 2.00. The number of hydrogen-bond donors (Lipinski definition) is 0. The van der Waals surface area contributed by atoms with Crippen molar-refractivity contribution in [3.63, 3.8) is 0 Å². The van der Waals surface area contributed by atoms with E-state index in [0.29, 0.717) is 19.4 Å². The summed E-state index contributed by atoms with van der Waals surface area (Å²) in [6, 6.07) is 7.63. The number of rotatable bonds is 5.